The Kier molecular flexibility index (Phi) is 3.85. The lowest BCUT2D eigenvalue weighted by Gasteiger charge is -2.25. The van der Waals surface area contributed by atoms with Gasteiger partial charge >= 0.3 is 0 Å². The van der Waals surface area contributed by atoms with Gasteiger partial charge in [0.1, 0.15) is 0 Å². The molecule has 1 aliphatic heterocycles. The summed E-state index contributed by atoms with van der Waals surface area (Å²) >= 11 is 3.41. The summed E-state index contributed by atoms with van der Waals surface area (Å²) in [6, 6.07) is 15.8. The maximum absolute atomic E-state index is 12.5. The highest BCUT2D eigenvalue weighted by Crippen LogP contribution is 2.25. The predicted octanol–water partition coefficient (Wildman–Crippen LogP) is 3.27. The van der Waals surface area contributed by atoms with E-state index in [-0.39, 0.29) is 11.8 Å². The minimum absolute atomic E-state index is 0.0303. The quantitative estimate of drug-likeness (QED) is 0.887. The van der Waals surface area contributed by atoms with Crippen molar-refractivity contribution in [2.75, 3.05) is 11.9 Å². The second-order valence-electron chi connectivity index (χ2n) is 4.88. The maximum atomic E-state index is 12.5. The van der Waals surface area contributed by atoms with Crippen molar-refractivity contribution in [2.24, 2.45) is 0 Å². The number of benzene rings is 2. The summed E-state index contributed by atoms with van der Waals surface area (Å²) in [5.41, 5.74) is 3.14. The Balaban J connectivity index is 1.82. The molecule has 0 saturated heterocycles. The topological polar surface area (TPSA) is 41.1 Å². The highest BCUT2D eigenvalue weighted by Gasteiger charge is 2.25. The third-order valence-electron chi connectivity index (χ3n) is 3.50. The van der Waals surface area contributed by atoms with Gasteiger partial charge < -0.3 is 10.6 Å². The number of anilines is 1. The molecule has 1 amide bonds. The molecular formula is C16H15BrN2O. The van der Waals surface area contributed by atoms with Gasteiger partial charge in [0.2, 0.25) is 5.91 Å². The molecule has 0 aromatic heterocycles. The smallest absolute Gasteiger partial charge is 0.233 e. The van der Waals surface area contributed by atoms with Gasteiger partial charge in [0, 0.05) is 23.2 Å². The average molecular weight is 331 g/mol. The van der Waals surface area contributed by atoms with E-state index >= 15 is 0 Å². The van der Waals surface area contributed by atoms with E-state index < -0.39 is 0 Å². The van der Waals surface area contributed by atoms with Crippen molar-refractivity contribution in [3.8, 4) is 0 Å². The van der Waals surface area contributed by atoms with Crippen molar-refractivity contribution in [3.05, 3.63) is 64.1 Å². The lowest BCUT2D eigenvalue weighted by Crippen LogP contribution is -2.35. The lowest BCUT2D eigenvalue weighted by molar-refractivity contribution is -0.117. The molecule has 0 fully saturated rings. The summed E-state index contributed by atoms with van der Waals surface area (Å²) in [4.78, 5) is 12.5. The number of hydrogen-bond acceptors (Lipinski definition) is 2. The Labute approximate surface area is 126 Å². The summed E-state index contributed by atoms with van der Waals surface area (Å²) in [5.74, 6) is -0.110. The highest BCUT2D eigenvalue weighted by molar-refractivity contribution is 9.10. The van der Waals surface area contributed by atoms with E-state index in [2.05, 4.69) is 32.6 Å². The Morgan fingerprint density at radius 1 is 1.20 bits per heavy atom. The summed E-state index contributed by atoms with van der Waals surface area (Å²) < 4.78 is 0.956. The summed E-state index contributed by atoms with van der Waals surface area (Å²) in [6.45, 7) is 1.51. The van der Waals surface area contributed by atoms with Crippen LogP contribution in [0, 0.1) is 0 Å². The van der Waals surface area contributed by atoms with E-state index in [1.165, 1.54) is 5.56 Å². The summed E-state index contributed by atoms with van der Waals surface area (Å²) in [6.07, 6.45) is 0. The van der Waals surface area contributed by atoms with E-state index in [9.17, 15) is 4.79 Å². The molecule has 0 bridgehead atoms. The third-order valence-corrected chi connectivity index (χ3v) is 4.00. The SMILES string of the molecule is O=C(Nc1cccc(Br)c1)C1CNCc2ccccc21. The lowest BCUT2D eigenvalue weighted by atomic mass is 9.90. The molecule has 2 N–H and O–H groups in total. The molecule has 20 heavy (non-hydrogen) atoms. The fourth-order valence-electron chi connectivity index (χ4n) is 2.53. The Morgan fingerprint density at radius 3 is 2.90 bits per heavy atom. The molecule has 1 atom stereocenters. The van der Waals surface area contributed by atoms with Gasteiger partial charge in [-0.05, 0) is 29.3 Å². The molecule has 102 valence electrons. The number of halogens is 1. The van der Waals surface area contributed by atoms with Crippen LogP contribution in [0.25, 0.3) is 0 Å². The molecule has 2 aromatic carbocycles. The first kappa shape index (κ1) is 13.3. The second kappa shape index (κ2) is 5.77. The van der Waals surface area contributed by atoms with Crippen LogP contribution in [0.2, 0.25) is 0 Å². The minimum atomic E-state index is -0.140. The minimum Gasteiger partial charge on any atom is -0.325 e. The molecule has 1 unspecified atom stereocenters. The number of fused-ring (bicyclic) bond motifs is 1. The zero-order valence-corrected chi connectivity index (χ0v) is 12.5. The molecule has 4 heteroatoms. The van der Waals surface area contributed by atoms with Crippen molar-refractivity contribution in [1.82, 2.24) is 5.32 Å². The molecular weight excluding hydrogens is 316 g/mol. The molecule has 1 aliphatic rings. The van der Waals surface area contributed by atoms with Crippen molar-refractivity contribution >= 4 is 27.5 Å². The molecule has 0 saturated carbocycles. The fraction of sp³-hybridized carbons (Fsp3) is 0.188. The van der Waals surface area contributed by atoms with Crippen LogP contribution in [0.3, 0.4) is 0 Å². The van der Waals surface area contributed by atoms with Gasteiger partial charge in [-0.15, -0.1) is 0 Å². The van der Waals surface area contributed by atoms with Gasteiger partial charge in [-0.3, -0.25) is 4.79 Å². The second-order valence-corrected chi connectivity index (χ2v) is 5.80. The molecule has 1 heterocycles. The highest BCUT2D eigenvalue weighted by atomic mass is 79.9. The molecule has 2 aromatic rings. The fourth-order valence-corrected chi connectivity index (χ4v) is 2.93. The molecule has 0 aliphatic carbocycles. The normalized spacial score (nSPS) is 17.4. The van der Waals surface area contributed by atoms with Crippen LogP contribution in [0.5, 0.6) is 0 Å². The van der Waals surface area contributed by atoms with E-state index in [1.54, 1.807) is 0 Å². The number of rotatable bonds is 2. The molecule has 0 radical (unpaired) electrons. The van der Waals surface area contributed by atoms with Gasteiger partial charge in [-0.2, -0.15) is 0 Å². The van der Waals surface area contributed by atoms with E-state index in [0.29, 0.717) is 6.54 Å². The number of carbonyl (C=O) groups excluding carboxylic acids is 1. The zero-order chi connectivity index (χ0) is 13.9. The first-order chi connectivity index (χ1) is 9.74. The number of nitrogens with one attached hydrogen (secondary N) is 2. The van der Waals surface area contributed by atoms with Crippen molar-refractivity contribution < 1.29 is 4.79 Å². The van der Waals surface area contributed by atoms with Crippen LogP contribution < -0.4 is 10.6 Å². The summed E-state index contributed by atoms with van der Waals surface area (Å²) in [5, 5.41) is 6.28. The Hall–Kier alpha value is -1.65. The first-order valence-corrected chi connectivity index (χ1v) is 7.38. The van der Waals surface area contributed by atoms with Gasteiger partial charge in [0.05, 0.1) is 5.92 Å². The van der Waals surface area contributed by atoms with E-state index in [1.807, 2.05) is 42.5 Å². The predicted molar refractivity (Wildman–Crippen MR) is 83.7 cm³/mol. The Morgan fingerprint density at radius 2 is 2.05 bits per heavy atom. The van der Waals surface area contributed by atoms with Gasteiger partial charge in [-0.25, -0.2) is 0 Å². The zero-order valence-electron chi connectivity index (χ0n) is 10.9. The Bertz CT molecular complexity index is 642. The van der Waals surface area contributed by atoms with Crippen molar-refractivity contribution in [3.63, 3.8) is 0 Å². The average Bonchev–Trinajstić information content (AvgIpc) is 2.46. The summed E-state index contributed by atoms with van der Waals surface area (Å²) in [7, 11) is 0. The van der Waals surface area contributed by atoms with Crippen LogP contribution in [0.15, 0.2) is 53.0 Å². The van der Waals surface area contributed by atoms with Gasteiger partial charge in [0.15, 0.2) is 0 Å². The van der Waals surface area contributed by atoms with E-state index in [4.69, 9.17) is 0 Å². The maximum Gasteiger partial charge on any atom is 0.233 e. The number of hydrogen-bond donors (Lipinski definition) is 2. The largest absolute Gasteiger partial charge is 0.325 e. The first-order valence-electron chi connectivity index (χ1n) is 6.59. The van der Waals surface area contributed by atoms with Crippen molar-refractivity contribution in [1.29, 1.82) is 0 Å². The van der Waals surface area contributed by atoms with E-state index in [0.717, 1.165) is 22.3 Å². The molecule has 3 rings (SSSR count). The van der Waals surface area contributed by atoms with Crippen LogP contribution in [-0.4, -0.2) is 12.5 Å². The van der Waals surface area contributed by atoms with Gasteiger partial charge in [0.25, 0.3) is 0 Å². The van der Waals surface area contributed by atoms with Crippen molar-refractivity contribution in [2.45, 2.75) is 12.5 Å². The van der Waals surface area contributed by atoms with Crippen LogP contribution in [0.4, 0.5) is 5.69 Å². The van der Waals surface area contributed by atoms with Crippen LogP contribution in [-0.2, 0) is 11.3 Å². The standard InChI is InChI=1S/C16H15BrN2O/c17-12-5-3-6-13(8-12)19-16(20)15-10-18-9-11-4-1-2-7-14(11)15/h1-8,15,18H,9-10H2,(H,19,20). The van der Waals surface area contributed by atoms with Crippen LogP contribution in [0.1, 0.15) is 17.0 Å². The van der Waals surface area contributed by atoms with Gasteiger partial charge in [-0.1, -0.05) is 46.3 Å². The molecule has 0 spiro atoms. The number of amides is 1. The van der Waals surface area contributed by atoms with Crippen LogP contribution >= 0.6 is 15.9 Å². The molecule has 3 nitrogen and oxygen atoms in total. The monoisotopic (exact) mass is 330 g/mol. The third kappa shape index (κ3) is 2.76. The number of carbonyl (C=O) groups is 1.